The van der Waals surface area contributed by atoms with Crippen LogP contribution in [-0.2, 0) is 0 Å². The number of anilines is 3. The Morgan fingerprint density at radius 1 is 0.419 bits per heavy atom. The fourth-order valence-electron chi connectivity index (χ4n) is 7.12. The van der Waals surface area contributed by atoms with Gasteiger partial charge in [-0.15, -0.1) is 11.3 Å². The molecule has 0 aliphatic heterocycles. The van der Waals surface area contributed by atoms with Crippen molar-refractivity contribution in [3.8, 4) is 0 Å². The van der Waals surface area contributed by atoms with E-state index < -0.39 is 0 Å². The summed E-state index contributed by atoms with van der Waals surface area (Å²) < 4.78 is 9.23. The maximum atomic E-state index is 6.67. The lowest BCUT2D eigenvalue weighted by molar-refractivity contribution is 0.669. The molecule has 10 rings (SSSR count). The van der Waals surface area contributed by atoms with Crippen LogP contribution in [0.3, 0.4) is 0 Å². The lowest BCUT2D eigenvalue weighted by Crippen LogP contribution is -2.11. The van der Waals surface area contributed by atoms with E-state index in [9.17, 15) is 0 Å². The van der Waals surface area contributed by atoms with Crippen LogP contribution in [0.1, 0.15) is 0 Å². The molecule has 2 heterocycles. The average molecular weight is 566 g/mol. The summed E-state index contributed by atoms with van der Waals surface area (Å²) in [5, 5.41) is 12.5. The highest BCUT2D eigenvalue weighted by molar-refractivity contribution is 7.26. The van der Waals surface area contributed by atoms with Crippen molar-refractivity contribution >= 4 is 103 Å². The highest BCUT2D eigenvalue weighted by atomic mass is 32.1. The molecule has 10 aromatic rings. The number of hydrogen-bond acceptors (Lipinski definition) is 3. The van der Waals surface area contributed by atoms with Gasteiger partial charge in [0.1, 0.15) is 5.58 Å². The monoisotopic (exact) mass is 565 g/mol. The van der Waals surface area contributed by atoms with Crippen molar-refractivity contribution in [2.45, 2.75) is 0 Å². The maximum Gasteiger partial charge on any atom is 0.159 e. The molecule has 0 saturated carbocycles. The topological polar surface area (TPSA) is 16.4 Å². The number of thiophene rings is 1. The van der Waals surface area contributed by atoms with Crippen molar-refractivity contribution in [1.82, 2.24) is 0 Å². The Bertz CT molecular complexity index is 2570. The molecule has 0 saturated heterocycles. The van der Waals surface area contributed by atoms with Crippen LogP contribution in [-0.4, -0.2) is 0 Å². The van der Waals surface area contributed by atoms with Crippen molar-refractivity contribution in [3.05, 3.63) is 140 Å². The van der Waals surface area contributed by atoms with Gasteiger partial charge in [-0.1, -0.05) is 109 Å². The van der Waals surface area contributed by atoms with Gasteiger partial charge in [-0.3, -0.25) is 0 Å². The molecule has 0 atom stereocenters. The molecule has 0 aliphatic rings. The van der Waals surface area contributed by atoms with Crippen LogP contribution >= 0.6 is 11.3 Å². The predicted octanol–water partition coefficient (Wildman–Crippen LogP) is 12.3. The van der Waals surface area contributed by atoms with Gasteiger partial charge in [0, 0.05) is 31.6 Å². The minimum Gasteiger partial charge on any atom is -0.454 e. The van der Waals surface area contributed by atoms with Gasteiger partial charge in [0.15, 0.2) is 5.58 Å². The van der Waals surface area contributed by atoms with Gasteiger partial charge in [-0.25, -0.2) is 0 Å². The van der Waals surface area contributed by atoms with Crippen LogP contribution in [0.5, 0.6) is 0 Å². The van der Waals surface area contributed by atoms with E-state index in [-0.39, 0.29) is 0 Å². The summed E-state index contributed by atoms with van der Waals surface area (Å²) in [6, 6.07) is 50.5. The Labute approximate surface area is 250 Å². The van der Waals surface area contributed by atoms with Gasteiger partial charge in [0.25, 0.3) is 0 Å². The van der Waals surface area contributed by atoms with Gasteiger partial charge in [-0.2, -0.15) is 0 Å². The molecule has 43 heavy (non-hydrogen) atoms. The summed E-state index contributed by atoms with van der Waals surface area (Å²) in [7, 11) is 0. The number of fused-ring (bicyclic) bond motifs is 6. The first-order chi connectivity index (χ1) is 21.3. The molecule has 0 aliphatic carbocycles. The second-order valence-corrected chi connectivity index (χ2v) is 12.3. The summed E-state index contributed by atoms with van der Waals surface area (Å²) >= 11 is 1.86. The summed E-state index contributed by atoms with van der Waals surface area (Å²) in [4.78, 5) is 2.44. The van der Waals surface area contributed by atoms with Crippen molar-refractivity contribution in [2.75, 3.05) is 4.90 Å². The number of para-hydroxylation sites is 2. The third-order valence-electron chi connectivity index (χ3n) is 9.00. The van der Waals surface area contributed by atoms with E-state index in [2.05, 4.69) is 138 Å². The van der Waals surface area contributed by atoms with E-state index in [1.54, 1.807) is 0 Å². The van der Waals surface area contributed by atoms with Gasteiger partial charge in [0.2, 0.25) is 0 Å². The summed E-state index contributed by atoms with van der Waals surface area (Å²) in [5.74, 6) is 0. The minimum absolute atomic E-state index is 0.896. The van der Waals surface area contributed by atoms with E-state index in [1.165, 1.54) is 52.5 Å². The first-order valence-electron chi connectivity index (χ1n) is 14.6. The molecule has 0 N–H and O–H groups in total. The fourth-order valence-corrected chi connectivity index (χ4v) is 8.33. The number of rotatable bonds is 3. The smallest absolute Gasteiger partial charge is 0.159 e. The van der Waals surface area contributed by atoms with E-state index >= 15 is 0 Å². The van der Waals surface area contributed by atoms with E-state index in [4.69, 9.17) is 4.42 Å². The normalized spacial score (nSPS) is 12.2. The highest BCUT2D eigenvalue weighted by Gasteiger charge is 2.24. The molecular weight excluding hydrogens is 543 g/mol. The molecule has 0 radical (unpaired) electrons. The fraction of sp³-hybridized carbons (Fsp3) is 0. The van der Waals surface area contributed by atoms with Crippen LogP contribution in [0.4, 0.5) is 17.1 Å². The largest absolute Gasteiger partial charge is 0.454 e. The maximum absolute atomic E-state index is 6.67. The number of nitrogens with zero attached hydrogens (tertiary/aromatic N) is 1. The standard InChI is InChI=1S/C40H23NOS/c1-3-16-35-27(10-1)29-12-6-14-33(39(29)42-35)41(34-15-7-13-30-28-11-2-4-17-36(28)43-40(30)34)32-23-21-26-19-18-24-8-5-9-25-20-22-31(32)38(26)37(24)25/h1-23H. The Balaban J connectivity index is 1.37. The first kappa shape index (κ1) is 23.2. The third kappa shape index (κ3) is 3.17. The molecule has 0 spiro atoms. The van der Waals surface area contributed by atoms with Crippen LogP contribution in [0, 0.1) is 0 Å². The van der Waals surface area contributed by atoms with E-state index in [0.717, 1.165) is 39.0 Å². The number of furan rings is 1. The van der Waals surface area contributed by atoms with Crippen LogP contribution in [0.2, 0.25) is 0 Å². The zero-order chi connectivity index (χ0) is 28.1. The number of hydrogen-bond donors (Lipinski definition) is 0. The lowest BCUT2D eigenvalue weighted by Gasteiger charge is -2.28. The zero-order valence-corrected chi connectivity index (χ0v) is 23.9. The van der Waals surface area contributed by atoms with Gasteiger partial charge in [0.05, 0.1) is 21.8 Å². The molecule has 2 nitrogen and oxygen atoms in total. The van der Waals surface area contributed by atoms with Crippen molar-refractivity contribution < 1.29 is 4.42 Å². The molecule has 3 heteroatoms. The molecule has 200 valence electrons. The molecular formula is C40H23NOS. The predicted molar refractivity (Wildman–Crippen MR) is 185 cm³/mol. The van der Waals surface area contributed by atoms with Crippen LogP contribution < -0.4 is 4.90 Å². The van der Waals surface area contributed by atoms with Gasteiger partial charge in [-0.05, 0) is 57.3 Å². The lowest BCUT2D eigenvalue weighted by atomic mass is 9.93. The van der Waals surface area contributed by atoms with Gasteiger partial charge >= 0.3 is 0 Å². The Morgan fingerprint density at radius 2 is 1.07 bits per heavy atom. The SMILES string of the molecule is c1cc2ccc3ccc(N(c4cccc5c4oc4ccccc45)c4cccc5c4sc4ccccc45)c4ccc(c1)c2c34. The zero-order valence-electron chi connectivity index (χ0n) is 23.0. The van der Waals surface area contributed by atoms with E-state index in [1.807, 2.05) is 17.4 Å². The number of benzene rings is 8. The van der Waals surface area contributed by atoms with Crippen molar-refractivity contribution in [1.29, 1.82) is 0 Å². The third-order valence-corrected chi connectivity index (χ3v) is 10.2. The molecule has 0 fully saturated rings. The second-order valence-electron chi connectivity index (χ2n) is 11.3. The van der Waals surface area contributed by atoms with E-state index in [0.29, 0.717) is 0 Å². The first-order valence-corrected chi connectivity index (χ1v) is 15.4. The molecule has 8 aromatic carbocycles. The quantitative estimate of drug-likeness (QED) is 0.198. The summed E-state index contributed by atoms with van der Waals surface area (Å²) in [5.41, 5.74) is 5.13. The highest BCUT2D eigenvalue weighted by Crippen LogP contribution is 2.50. The Morgan fingerprint density at radius 3 is 1.95 bits per heavy atom. The molecule has 0 unspecified atom stereocenters. The molecule has 2 aromatic heterocycles. The Kier molecular flexibility index (Phi) is 4.63. The minimum atomic E-state index is 0.896. The average Bonchev–Trinajstić information content (AvgIpc) is 3.64. The second kappa shape index (κ2) is 8.57. The summed E-state index contributed by atoms with van der Waals surface area (Å²) in [6.07, 6.45) is 0. The van der Waals surface area contributed by atoms with Crippen molar-refractivity contribution in [3.63, 3.8) is 0 Å². The molecule has 0 bridgehead atoms. The van der Waals surface area contributed by atoms with Crippen molar-refractivity contribution in [2.24, 2.45) is 0 Å². The summed E-state index contributed by atoms with van der Waals surface area (Å²) in [6.45, 7) is 0. The van der Waals surface area contributed by atoms with Crippen LogP contribution in [0.15, 0.2) is 144 Å². The van der Waals surface area contributed by atoms with Crippen LogP contribution in [0.25, 0.3) is 74.4 Å². The van der Waals surface area contributed by atoms with Gasteiger partial charge < -0.3 is 9.32 Å². The molecule has 0 amide bonds. The Hall–Kier alpha value is -5.38.